The largest absolute Gasteiger partial charge is 0.451 e. The molecule has 0 N–H and O–H groups in total. The third kappa shape index (κ3) is 5.77. The topological polar surface area (TPSA) is 69.6 Å². The summed E-state index contributed by atoms with van der Waals surface area (Å²) < 4.78 is 67.0. The van der Waals surface area contributed by atoms with Crippen LogP contribution in [0.25, 0.3) is 0 Å². The fourth-order valence-electron chi connectivity index (χ4n) is 5.35. The lowest BCUT2D eigenvalue weighted by Gasteiger charge is -2.45. The lowest BCUT2D eigenvalue weighted by Crippen LogP contribution is -2.45. The van der Waals surface area contributed by atoms with Crippen molar-refractivity contribution in [2.45, 2.75) is 62.6 Å². The maximum Gasteiger partial charge on any atom is 0.451 e. The van der Waals surface area contributed by atoms with Crippen LogP contribution in [-0.4, -0.2) is 56.9 Å². The van der Waals surface area contributed by atoms with E-state index in [1.54, 1.807) is 30.1 Å². The lowest BCUT2D eigenvalue weighted by molar-refractivity contribution is -0.144. The maximum absolute atomic E-state index is 13.8. The predicted octanol–water partition coefficient (Wildman–Crippen LogP) is 4.93. The summed E-state index contributed by atoms with van der Waals surface area (Å²) in [6.07, 6.45) is 3.21. The van der Waals surface area contributed by atoms with Crippen LogP contribution in [0.15, 0.2) is 35.2 Å². The van der Waals surface area contributed by atoms with Crippen LogP contribution in [0, 0.1) is 5.41 Å². The Morgan fingerprint density at radius 1 is 0.972 bits per heavy atom. The van der Waals surface area contributed by atoms with Gasteiger partial charge in [-0.25, -0.2) is 22.7 Å². The fraction of sp³-hybridized carbons (Fsp3) is 0.600. The smallest absolute Gasteiger partial charge is 0.356 e. The Bertz CT molecular complexity index is 1160. The van der Waals surface area contributed by atoms with Crippen LogP contribution >= 0.6 is 0 Å². The molecule has 4 rings (SSSR count). The average Bonchev–Trinajstić information content (AvgIpc) is 2.84. The van der Waals surface area contributed by atoms with E-state index in [0.29, 0.717) is 12.4 Å². The molecule has 1 spiro atoms. The number of hydrogen-bond acceptors (Lipinski definition) is 6. The normalized spacial score (nSPS) is 18.6. The standard InChI is InChI=1S/C25H34F3N5O2S/c1-31(2)36(34,35)20-10-8-19(9-11-20)17-32(3)21-16-22(30-23(29-21)25(26,27)28)33-15-7-14-24(18-33)12-5-4-6-13-24/h8-11,16H,4-7,12-15,17-18H2,1-3H3. The minimum Gasteiger partial charge on any atom is -0.356 e. The minimum atomic E-state index is -4.66. The highest BCUT2D eigenvalue weighted by atomic mass is 32.2. The second-order valence-electron chi connectivity index (χ2n) is 10.3. The molecular formula is C25H34F3N5O2S. The summed E-state index contributed by atoms with van der Waals surface area (Å²) in [6, 6.07) is 7.97. The quantitative estimate of drug-likeness (QED) is 0.533. The van der Waals surface area contributed by atoms with Gasteiger partial charge in [0.1, 0.15) is 11.6 Å². The van der Waals surface area contributed by atoms with Crippen molar-refractivity contribution in [1.82, 2.24) is 14.3 Å². The molecule has 2 heterocycles. The Morgan fingerprint density at radius 3 is 2.22 bits per heavy atom. The Hall–Kier alpha value is -2.40. The summed E-state index contributed by atoms with van der Waals surface area (Å²) in [5.41, 5.74) is 0.920. The zero-order valence-electron chi connectivity index (χ0n) is 21.1. The van der Waals surface area contributed by atoms with Gasteiger partial charge in [0.15, 0.2) is 0 Å². The third-order valence-electron chi connectivity index (χ3n) is 7.37. The molecule has 0 radical (unpaired) electrons. The van der Waals surface area contributed by atoms with Crippen molar-refractivity contribution in [3.8, 4) is 0 Å². The van der Waals surface area contributed by atoms with Gasteiger partial charge in [-0.3, -0.25) is 0 Å². The Kier molecular flexibility index (Phi) is 7.52. The maximum atomic E-state index is 13.8. The summed E-state index contributed by atoms with van der Waals surface area (Å²) in [4.78, 5) is 11.6. The molecule has 2 aromatic rings. The number of anilines is 2. The molecule has 7 nitrogen and oxygen atoms in total. The third-order valence-corrected chi connectivity index (χ3v) is 9.19. The van der Waals surface area contributed by atoms with Crippen LogP contribution in [0.3, 0.4) is 0 Å². The van der Waals surface area contributed by atoms with Crippen LogP contribution in [0.5, 0.6) is 0 Å². The van der Waals surface area contributed by atoms with Gasteiger partial charge in [0.2, 0.25) is 15.8 Å². The van der Waals surface area contributed by atoms with E-state index in [2.05, 4.69) is 9.97 Å². The van der Waals surface area contributed by atoms with Crippen molar-refractivity contribution < 1.29 is 21.6 Å². The number of aromatic nitrogens is 2. The molecule has 1 saturated carbocycles. The van der Waals surface area contributed by atoms with Gasteiger partial charge in [-0.1, -0.05) is 31.4 Å². The number of halogens is 3. The molecule has 11 heteroatoms. The molecule has 1 saturated heterocycles. The molecule has 0 bridgehead atoms. The van der Waals surface area contributed by atoms with E-state index >= 15 is 0 Å². The molecule has 198 valence electrons. The van der Waals surface area contributed by atoms with Gasteiger partial charge in [-0.15, -0.1) is 0 Å². The summed E-state index contributed by atoms with van der Waals surface area (Å²) in [5, 5.41) is 0. The highest BCUT2D eigenvalue weighted by molar-refractivity contribution is 7.89. The molecule has 1 aliphatic carbocycles. The number of hydrogen-bond donors (Lipinski definition) is 0. The molecule has 1 aromatic heterocycles. The molecule has 0 atom stereocenters. The number of sulfonamides is 1. The first-order chi connectivity index (χ1) is 16.9. The van der Waals surface area contributed by atoms with Gasteiger partial charge in [0.05, 0.1) is 4.90 Å². The highest BCUT2D eigenvalue weighted by Crippen LogP contribution is 2.44. The first-order valence-corrected chi connectivity index (χ1v) is 13.8. The summed E-state index contributed by atoms with van der Waals surface area (Å²) in [6.45, 7) is 1.67. The van der Waals surface area contributed by atoms with Crippen molar-refractivity contribution in [1.29, 1.82) is 0 Å². The summed E-state index contributed by atoms with van der Waals surface area (Å²) in [7, 11) is 1.04. The van der Waals surface area contributed by atoms with E-state index in [1.807, 2.05) is 4.90 Å². The zero-order chi connectivity index (χ0) is 26.1. The van der Waals surface area contributed by atoms with Crippen LogP contribution in [0.4, 0.5) is 24.8 Å². The van der Waals surface area contributed by atoms with Gasteiger partial charge < -0.3 is 9.80 Å². The average molecular weight is 526 g/mol. The predicted molar refractivity (Wildman–Crippen MR) is 133 cm³/mol. The van der Waals surface area contributed by atoms with E-state index in [-0.39, 0.29) is 22.7 Å². The van der Waals surface area contributed by atoms with Gasteiger partial charge in [0, 0.05) is 46.8 Å². The molecule has 0 unspecified atom stereocenters. The summed E-state index contributed by atoms with van der Waals surface area (Å²) >= 11 is 0. The Balaban J connectivity index is 1.59. The molecular weight excluding hydrogens is 491 g/mol. The van der Waals surface area contributed by atoms with Crippen LogP contribution in [0.2, 0.25) is 0 Å². The first kappa shape index (κ1) is 26.7. The Labute approximate surface area is 211 Å². The van der Waals surface area contributed by atoms with Gasteiger partial charge in [0.25, 0.3) is 0 Å². The lowest BCUT2D eigenvalue weighted by atomic mass is 9.69. The second kappa shape index (κ2) is 10.2. The minimum absolute atomic E-state index is 0.157. The zero-order valence-corrected chi connectivity index (χ0v) is 21.9. The summed E-state index contributed by atoms with van der Waals surface area (Å²) in [5.74, 6) is -0.644. The van der Waals surface area contributed by atoms with Crippen molar-refractivity contribution >= 4 is 21.7 Å². The molecule has 36 heavy (non-hydrogen) atoms. The van der Waals surface area contributed by atoms with Gasteiger partial charge >= 0.3 is 6.18 Å². The van der Waals surface area contributed by atoms with Crippen molar-refractivity contribution in [2.75, 3.05) is 44.0 Å². The second-order valence-corrected chi connectivity index (χ2v) is 12.4. The van der Waals surface area contributed by atoms with Crippen LogP contribution < -0.4 is 9.80 Å². The number of benzene rings is 1. The first-order valence-electron chi connectivity index (χ1n) is 12.3. The van der Waals surface area contributed by atoms with E-state index < -0.39 is 22.0 Å². The van der Waals surface area contributed by atoms with Crippen LogP contribution in [-0.2, 0) is 22.7 Å². The molecule has 0 amide bonds. The number of rotatable bonds is 6. The number of piperidine rings is 1. The monoisotopic (exact) mass is 525 g/mol. The van der Waals surface area contributed by atoms with E-state index in [1.165, 1.54) is 45.5 Å². The van der Waals surface area contributed by atoms with Crippen molar-refractivity contribution in [3.05, 3.63) is 41.7 Å². The van der Waals surface area contributed by atoms with E-state index in [9.17, 15) is 21.6 Å². The number of nitrogens with zero attached hydrogens (tertiary/aromatic N) is 5. The highest BCUT2D eigenvalue weighted by Gasteiger charge is 2.39. The molecule has 2 aliphatic rings. The number of alkyl halides is 3. The molecule has 1 aliphatic heterocycles. The molecule has 1 aromatic carbocycles. The fourth-order valence-corrected chi connectivity index (χ4v) is 6.25. The Morgan fingerprint density at radius 2 is 1.61 bits per heavy atom. The van der Waals surface area contributed by atoms with Crippen LogP contribution in [0.1, 0.15) is 56.3 Å². The van der Waals surface area contributed by atoms with Gasteiger partial charge in [-0.2, -0.15) is 13.2 Å². The van der Waals surface area contributed by atoms with Crippen molar-refractivity contribution in [2.24, 2.45) is 5.41 Å². The van der Waals surface area contributed by atoms with E-state index in [4.69, 9.17) is 0 Å². The van der Waals surface area contributed by atoms with Gasteiger partial charge in [-0.05, 0) is 48.8 Å². The van der Waals surface area contributed by atoms with E-state index in [0.717, 1.165) is 42.1 Å². The molecule has 2 fully saturated rings. The van der Waals surface area contributed by atoms with Crippen molar-refractivity contribution in [3.63, 3.8) is 0 Å². The SMILES string of the molecule is CN(Cc1ccc(S(=O)(=O)N(C)C)cc1)c1cc(N2CCCC3(CCCCC3)C2)nc(C(F)(F)F)n1.